The van der Waals surface area contributed by atoms with E-state index >= 15 is 0 Å². The molecule has 7 nitrogen and oxygen atoms in total. The Morgan fingerprint density at radius 3 is 2.75 bits per heavy atom. The van der Waals surface area contributed by atoms with Gasteiger partial charge in [0.25, 0.3) is 0 Å². The highest BCUT2D eigenvalue weighted by Crippen LogP contribution is 2.49. The molecule has 1 aliphatic rings. The second-order valence-electron chi connectivity index (χ2n) is 9.04. The molecule has 10 heteroatoms. The van der Waals surface area contributed by atoms with E-state index < -0.39 is 0 Å². The fourth-order valence-electron chi connectivity index (χ4n) is 4.67. The topological polar surface area (TPSA) is 80.7 Å². The van der Waals surface area contributed by atoms with Crippen molar-refractivity contribution in [2.24, 2.45) is 7.05 Å². The van der Waals surface area contributed by atoms with Crippen LogP contribution in [0.5, 0.6) is 5.75 Å². The van der Waals surface area contributed by atoms with E-state index in [4.69, 9.17) is 21.3 Å². The van der Waals surface area contributed by atoms with Gasteiger partial charge in [0.2, 0.25) is 0 Å². The second-order valence-corrected chi connectivity index (χ2v) is 12.0. The Bertz CT molecular complexity index is 1540. The zero-order chi connectivity index (χ0) is 24.9. The number of aryl methyl sites for hydroxylation is 1. The number of fused-ring (bicyclic) bond motifs is 1. The monoisotopic (exact) mass is 630 g/mol. The van der Waals surface area contributed by atoms with Crippen molar-refractivity contribution in [3.8, 4) is 27.4 Å². The van der Waals surface area contributed by atoms with Crippen LogP contribution < -0.4 is 10.1 Å². The predicted octanol–water partition coefficient (Wildman–Crippen LogP) is 6.33. The Labute approximate surface area is 231 Å². The molecule has 2 unspecified atom stereocenters. The lowest BCUT2D eigenvalue weighted by Gasteiger charge is -2.46. The highest BCUT2D eigenvalue weighted by atomic mass is 127. The molecule has 4 heterocycles. The predicted molar refractivity (Wildman–Crippen MR) is 153 cm³/mol. The number of aromatic nitrogens is 5. The minimum absolute atomic E-state index is 0.152. The Kier molecular flexibility index (Phi) is 6.27. The Hall–Kier alpha value is -2.47. The van der Waals surface area contributed by atoms with Gasteiger partial charge >= 0.3 is 0 Å². The van der Waals surface area contributed by atoms with Gasteiger partial charge < -0.3 is 15.0 Å². The van der Waals surface area contributed by atoms with E-state index in [2.05, 4.69) is 61.2 Å². The van der Waals surface area contributed by atoms with Crippen LogP contribution in [0.2, 0.25) is 5.02 Å². The number of thiazole rings is 1. The number of H-pyrrole nitrogens is 1. The first kappa shape index (κ1) is 23.9. The summed E-state index contributed by atoms with van der Waals surface area (Å²) in [6, 6.07) is 10.3. The number of hydrogen-bond donors (Lipinski definition) is 2. The number of methoxy groups -OCH3 is 1. The van der Waals surface area contributed by atoms with Crippen molar-refractivity contribution in [1.82, 2.24) is 30.0 Å². The van der Waals surface area contributed by atoms with Crippen LogP contribution in [0.25, 0.3) is 32.7 Å². The van der Waals surface area contributed by atoms with Crippen molar-refractivity contribution < 1.29 is 4.74 Å². The molecule has 0 aliphatic heterocycles. The first-order valence-corrected chi connectivity index (χ1v) is 14.1. The number of rotatable bonds is 7. The molecule has 6 rings (SSSR count). The van der Waals surface area contributed by atoms with Crippen molar-refractivity contribution >= 4 is 56.6 Å². The molecule has 0 spiro atoms. The number of aromatic amines is 1. The molecule has 36 heavy (non-hydrogen) atoms. The zero-order valence-electron chi connectivity index (χ0n) is 19.8. The maximum Gasteiger partial charge on any atom is 0.138 e. The minimum atomic E-state index is -0.152. The maximum absolute atomic E-state index is 6.72. The average Bonchev–Trinajstić information content (AvgIpc) is 3.64. The number of hydrogen-bond acceptors (Lipinski definition) is 6. The third kappa shape index (κ3) is 4.11. The van der Waals surface area contributed by atoms with Crippen molar-refractivity contribution in [2.75, 3.05) is 7.11 Å². The van der Waals surface area contributed by atoms with Crippen LogP contribution in [0.15, 0.2) is 55.1 Å². The van der Waals surface area contributed by atoms with Crippen molar-refractivity contribution in [3.63, 3.8) is 0 Å². The van der Waals surface area contributed by atoms with Gasteiger partial charge in [0.15, 0.2) is 0 Å². The van der Waals surface area contributed by atoms with Crippen molar-refractivity contribution in [3.05, 3.63) is 70.7 Å². The van der Waals surface area contributed by atoms with Gasteiger partial charge in [0.05, 0.1) is 34.4 Å². The molecule has 0 bridgehead atoms. The number of benzene rings is 1. The van der Waals surface area contributed by atoms with Gasteiger partial charge in [-0.25, -0.2) is 9.97 Å². The van der Waals surface area contributed by atoms with Gasteiger partial charge in [-0.05, 0) is 36.6 Å². The minimum Gasteiger partial charge on any atom is -0.497 e. The molecule has 5 aromatic rings. The van der Waals surface area contributed by atoms with Crippen molar-refractivity contribution in [1.29, 1.82) is 0 Å². The number of pyridine rings is 1. The Morgan fingerprint density at radius 1 is 1.25 bits per heavy atom. The first-order valence-electron chi connectivity index (χ1n) is 11.6. The summed E-state index contributed by atoms with van der Waals surface area (Å²) < 4.78 is 7.54. The van der Waals surface area contributed by atoms with Gasteiger partial charge in [-0.3, -0.25) is 4.68 Å². The number of nitrogens with one attached hydrogen (secondary N) is 2. The number of alkyl halides is 1. The lowest BCUT2D eigenvalue weighted by Crippen LogP contribution is -2.55. The molecular weight excluding hydrogens is 607 g/mol. The van der Waals surface area contributed by atoms with Crippen LogP contribution in [-0.2, 0) is 19.1 Å². The fraction of sp³-hybridized carbons (Fsp3) is 0.269. The first-order chi connectivity index (χ1) is 17.5. The molecule has 0 radical (unpaired) electrons. The van der Waals surface area contributed by atoms with Crippen molar-refractivity contribution in [2.45, 2.75) is 28.8 Å². The van der Waals surface area contributed by atoms with Gasteiger partial charge in [0.1, 0.15) is 16.4 Å². The standard InChI is InChI=1S/C26H24ClIN6OS/c1-34-14-16(11-32-34)20-9-18-23(19(27)12-29-24(18)33-20)21-13-30-25(36-21)26(8-7-22(26)28)31-10-15-3-5-17(35-2)6-4-15/h3-6,9,11-14,22,31H,7-8,10H2,1-2H3,(H,29,33). The van der Waals surface area contributed by atoms with E-state index in [0.717, 1.165) is 62.9 Å². The molecule has 1 saturated carbocycles. The number of nitrogens with zero attached hydrogens (tertiary/aromatic N) is 4. The maximum atomic E-state index is 6.72. The quantitative estimate of drug-likeness (QED) is 0.162. The lowest BCUT2D eigenvalue weighted by atomic mass is 9.77. The highest BCUT2D eigenvalue weighted by molar-refractivity contribution is 14.1. The molecule has 1 fully saturated rings. The van der Waals surface area contributed by atoms with Crippen LogP contribution in [0.1, 0.15) is 23.4 Å². The molecule has 2 N–H and O–H groups in total. The molecular formula is C26H24ClIN6OS. The highest BCUT2D eigenvalue weighted by Gasteiger charge is 2.48. The summed E-state index contributed by atoms with van der Waals surface area (Å²) in [4.78, 5) is 13.9. The van der Waals surface area contributed by atoms with E-state index in [1.165, 1.54) is 5.56 Å². The smallest absolute Gasteiger partial charge is 0.138 e. The third-order valence-corrected chi connectivity index (χ3v) is 10.0. The van der Waals surface area contributed by atoms with E-state index in [1.54, 1.807) is 29.3 Å². The van der Waals surface area contributed by atoms with Gasteiger partial charge in [0, 0.05) is 52.6 Å². The van der Waals surface area contributed by atoms with E-state index in [0.29, 0.717) is 8.95 Å². The van der Waals surface area contributed by atoms with E-state index in [1.807, 2.05) is 37.8 Å². The average molecular weight is 631 g/mol. The normalized spacial score (nSPS) is 19.5. The summed E-state index contributed by atoms with van der Waals surface area (Å²) in [7, 11) is 3.60. The third-order valence-electron chi connectivity index (χ3n) is 6.86. The molecule has 184 valence electrons. The molecule has 0 saturated heterocycles. The molecule has 4 aromatic heterocycles. The molecule has 0 amide bonds. The van der Waals surface area contributed by atoms with Crippen LogP contribution in [0.3, 0.4) is 0 Å². The van der Waals surface area contributed by atoms with Crippen LogP contribution >= 0.6 is 45.5 Å². The number of halogens is 2. The van der Waals surface area contributed by atoms with E-state index in [-0.39, 0.29) is 5.54 Å². The largest absolute Gasteiger partial charge is 0.497 e. The van der Waals surface area contributed by atoms with Crippen LogP contribution in [-0.4, -0.2) is 35.8 Å². The zero-order valence-corrected chi connectivity index (χ0v) is 23.5. The summed E-state index contributed by atoms with van der Waals surface area (Å²) >= 11 is 11.0. The van der Waals surface area contributed by atoms with Gasteiger partial charge in [-0.1, -0.05) is 46.3 Å². The Morgan fingerprint density at radius 2 is 2.08 bits per heavy atom. The van der Waals surface area contributed by atoms with E-state index in [9.17, 15) is 0 Å². The summed E-state index contributed by atoms with van der Waals surface area (Å²) in [6.45, 7) is 0.769. The summed E-state index contributed by atoms with van der Waals surface area (Å²) in [5, 5.41) is 10.8. The molecule has 1 aliphatic carbocycles. The lowest BCUT2D eigenvalue weighted by molar-refractivity contribution is 0.205. The van der Waals surface area contributed by atoms with Crippen LogP contribution in [0, 0.1) is 0 Å². The second kappa shape index (κ2) is 9.44. The fourth-order valence-corrected chi connectivity index (χ4v) is 7.57. The summed E-state index contributed by atoms with van der Waals surface area (Å²) in [5.74, 6) is 0.866. The molecule has 1 aromatic carbocycles. The number of ether oxygens (including phenoxy) is 1. The summed E-state index contributed by atoms with van der Waals surface area (Å²) in [5.41, 5.74) is 4.80. The SMILES string of the molecule is COc1ccc(CNC2(c3ncc(-c4c(Cl)cnc5[nH]c(-c6cnn(C)c6)cc45)s3)CCC2I)cc1. The summed E-state index contributed by atoms with van der Waals surface area (Å²) in [6.07, 6.45) is 9.70. The van der Waals surface area contributed by atoms with Gasteiger partial charge in [-0.2, -0.15) is 5.10 Å². The van der Waals surface area contributed by atoms with Gasteiger partial charge in [-0.15, -0.1) is 11.3 Å². The van der Waals surface area contributed by atoms with Crippen LogP contribution in [0.4, 0.5) is 0 Å². The Balaban J connectivity index is 1.33. The molecule has 2 atom stereocenters.